The summed E-state index contributed by atoms with van der Waals surface area (Å²) in [5.41, 5.74) is 3.41. The topological polar surface area (TPSA) is 48.5 Å². The largest absolute Gasteiger partial charge is 0.497 e. The van der Waals surface area contributed by atoms with E-state index in [9.17, 15) is 4.79 Å². The van der Waals surface area contributed by atoms with Crippen molar-refractivity contribution in [2.45, 2.75) is 32.1 Å². The molecule has 0 N–H and O–H groups in total. The smallest absolute Gasteiger partial charge is 0.261 e. The number of nitrogens with zero attached hydrogens (tertiary/aromatic N) is 3. The first-order valence-corrected chi connectivity index (χ1v) is 10.3. The lowest BCUT2D eigenvalue weighted by molar-refractivity contribution is 0.293. The van der Waals surface area contributed by atoms with Crippen LogP contribution in [-0.4, -0.2) is 16.7 Å². The Hall–Kier alpha value is -3.39. The Morgan fingerprint density at radius 1 is 1.10 bits per heavy atom. The van der Waals surface area contributed by atoms with Gasteiger partial charge in [0.1, 0.15) is 11.6 Å². The molecule has 1 fully saturated rings. The van der Waals surface area contributed by atoms with Crippen molar-refractivity contribution in [3.8, 4) is 28.1 Å². The first kappa shape index (κ1) is 19.9. The number of ether oxygens (including phenoxy) is 1. The molecule has 1 aliphatic rings. The zero-order valence-corrected chi connectivity index (χ0v) is 17.4. The van der Waals surface area contributed by atoms with Gasteiger partial charge in [-0.3, -0.25) is 9.36 Å². The number of benzene rings is 2. The Labute approximate surface area is 176 Å². The molecule has 152 valence electrons. The fourth-order valence-corrected chi connectivity index (χ4v) is 3.91. The Balaban J connectivity index is 1.84. The molecule has 0 atom stereocenters. The minimum absolute atomic E-state index is 0.0527. The summed E-state index contributed by atoms with van der Waals surface area (Å²) in [5, 5.41) is 0. The maximum Gasteiger partial charge on any atom is 0.261 e. The Morgan fingerprint density at radius 3 is 2.33 bits per heavy atom. The van der Waals surface area contributed by atoms with Crippen LogP contribution >= 0.6 is 0 Å². The molecule has 4 rings (SSSR count). The van der Waals surface area contributed by atoms with Crippen molar-refractivity contribution in [2.75, 3.05) is 7.11 Å². The van der Waals surface area contributed by atoms with E-state index in [4.69, 9.17) is 16.3 Å². The third-order valence-electron chi connectivity index (χ3n) is 6.03. The number of methoxy groups -OCH3 is 1. The minimum atomic E-state index is -0.0527. The molecule has 30 heavy (non-hydrogen) atoms. The molecule has 1 heterocycles. The van der Waals surface area contributed by atoms with Gasteiger partial charge in [0, 0.05) is 13.5 Å². The Kier molecular flexibility index (Phi) is 5.67. The van der Waals surface area contributed by atoms with E-state index in [1.807, 2.05) is 43.4 Å². The van der Waals surface area contributed by atoms with Crippen LogP contribution in [0.15, 0.2) is 53.3 Å². The molecule has 1 aliphatic carbocycles. The van der Waals surface area contributed by atoms with Gasteiger partial charge in [0.25, 0.3) is 5.56 Å². The van der Waals surface area contributed by atoms with Crippen molar-refractivity contribution in [3.63, 3.8) is 0 Å². The van der Waals surface area contributed by atoms with E-state index in [1.165, 1.54) is 19.3 Å². The second-order valence-electron chi connectivity index (χ2n) is 7.84. The number of hydrogen-bond donors (Lipinski definition) is 0. The van der Waals surface area contributed by atoms with Gasteiger partial charge in [-0.25, -0.2) is 9.83 Å². The lowest BCUT2D eigenvalue weighted by Gasteiger charge is -2.25. The molecule has 2 aromatic carbocycles. The van der Waals surface area contributed by atoms with Gasteiger partial charge in [0.15, 0.2) is 5.69 Å². The number of aromatic nitrogens is 2. The van der Waals surface area contributed by atoms with Crippen molar-refractivity contribution in [3.05, 3.63) is 76.1 Å². The van der Waals surface area contributed by atoms with Gasteiger partial charge in [-0.15, -0.1) is 0 Å². The molecule has 5 heteroatoms. The molecule has 0 aliphatic heterocycles. The number of aryl methyl sites for hydroxylation is 1. The van der Waals surface area contributed by atoms with Crippen LogP contribution in [0.2, 0.25) is 0 Å². The molecule has 0 bridgehead atoms. The summed E-state index contributed by atoms with van der Waals surface area (Å²) in [7, 11) is 3.43. The minimum Gasteiger partial charge on any atom is -0.497 e. The van der Waals surface area contributed by atoms with Crippen LogP contribution in [0.3, 0.4) is 0 Å². The summed E-state index contributed by atoms with van der Waals surface area (Å²) in [6, 6.07) is 14.8. The lowest BCUT2D eigenvalue weighted by Crippen LogP contribution is -2.26. The second kappa shape index (κ2) is 8.54. The van der Waals surface area contributed by atoms with E-state index < -0.39 is 0 Å². The standard InChI is InChI=1S/C25H25N3O2/c1-26-20-12-8-19(9-13-20)24-23(18-10-14-21(30-3)15-11-18)25(29)28(2)22(27-24)16-7-17-5-4-6-17/h8-15,17H,4-7,16H2,2-3H3. The highest BCUT2D eigenvalue weighted by Crippen LogP contribution is 2.32. The van der Waals surface area contributed by atoms with E-state index in [-0.39, 0.29) is 5.56 Å². The fourth-order valence-electron chi connectivity index (χ4n) is 3.91. The van der Waals surface area contributed by atoms with Crippen molar-refractivity contribution < 1.29 is 4.74 Å². The van der Waals surface area contributed by atoms with Crippen molar-refractivity contribution in [1.82, 2.24) is 9.55 Å². The van der Waals surface area contributed by atoms with Gasteiger partial charge in [0.2, 0.25) is 0 Å². The molecular weight excluding hydrogens is 374 g/mol. The average molecular weight is 399 g/mol. The number of hydrogen-bond acceptors (Lipinski definition) is 3. The molecule has 0 radical (unpaired) electrons. The summed E-state index contributed by atoms with van der Waals surface area (Å²) < 4.78 is 6.95. The summed E-state index contributed by atoms with van der Waals surface area (Å²) >= 11 is 0. The highest BCUT2D eigenvalue weighted by atomic mass is 16.5. The van der Waals surface area contributed by atoms with Crippen LogP contribution < -0.4 is 10.3 Å². The Bertz CT molecular complexity index is 1140. The molecule has 1 aromatic heterocycles. The quantitative estimate of drug-likeness (QED) is 0.521. The van der Waals surface area contributed by atoms with Crippen LogP contribution in [-0.2, 0) is 13.5 Å². The maximum atomic E-state index is 13.4. The van der Waals surface area contributed by atoms with E-state index in [0.29, 0.717) is 16.9 Å². The highest BCUT2D eigenvalue weighted by Gasteiger charge is 2.21. The van der Waals surface area contributed by atoms with Gasteiger partial charge >= 0.3 is 0 Å². The summed E-state index contributed by atoms with van der Waals surface area (Å²) in [6.45, 7) is 7.19. The third kappa shape index (κ3) is 3.86. The first-order valence-electron chi connectivity index (χ1n) is 10.3. The lowest BCUT2D eigenvalue weighted by atomic mass is 9.82. The predicted octanol–water partition coefficient (Wildman–Crippen LogP) is 5.41. The number of rotatable bonds is 6. The van der Waals surface area contributed by atoms with Gasteiger partial charge in [0.05, 0.1) is 24.9 Å². The van der Waals surface area contributed by atoms with Gasteiger partial charge < -0.3 is 4.74 Å². The summed E-state index contributed by atoms with van der Waals surface area (Å²) in [4.78, 5) is 21.9. The van der Waals surface area contributed by atoms with E-state index in [1.54, 1.807) is 23.8 Å². The second-order valence-corrected chi connectivity index (χ2v) is 7.84. The van der Waals surface area contributed by atoms with Crippen LogP contribution in [0.4, 0.5) is 5.69 Å². The zero-order chi connectivity index (χ0) is 21.1. The van der Waals surface area contributed by atoms with Crippen LogP contribution in [0.5, 0.6) is 5.75 Å². The van der Waals surface area contributed by atoms with E-state index >= 15 is 0 Å². The van der Waals surface area contributed by atoms with Gasteiger partial charge in [-0.1, -0.05) is 55.7 Å². The molecule has 0 saturated heterocycles. The maximum absolute atomic E-state index is 13.4. The molecule has 0 unspecified atom stereocenters. The van der Waals surface area contributed by atoms with Crippen molar-refractivity contribution >= 4 is 5.69 Å². The van der Waals surface area contributed by atoms with Crippen molar-refractivity contribution in [1.29, 1.82) is 0 Å². The van der Waals surface area contributed by atoms with Crippen LogP contribution in [0.25, 0.3) is 27.2 Å². The van der Waals surface area contributed by atoms with Crippen LogP contribution in [0, 0.1) is 12.5 Å². The zero-order valence-electron chi connectivity index (χ0n) is 17.4. The molecule has 0 spiro atoms. The molecule has 3 aromatic rings. The molecule has 1 saturated carbocycles. The fraction of sp³-hybridized carbons (Fsp3) is 0.320. The van der Waals surface area contributed by atoms with Crippen molar-refractivity contribution in [2.24, 2.45) is 13.0 Å². The van der Waals surface area contributed by atoms with Gasteiger partial charge in [-0.2, -0.15) is 0 Å². The molecular formula is C25H25N3O2. The SMILES string of the molecule is [C-]#[N+]c1ccc(-c2nc(CCC3CCC3)n(C)c(=O)c2-c2ccc(OC)cc2)cc1. The van der Waals surface area contributed by atoms with Crippen LogP contribution in [0.1, 0.15) is 31.5 Å². The summed E-state index contributed by atoms with van der Waals surface area (Å²) in [6.07, 6.45) is 5.74. The first-order chi connectivity index (χ1) is 14.6. The third-order valence-corrected chi connectivity index (χ3v) is 6.03. The summed E-state index contributed by atoms with van der Waals surface area (Å²) in [5.74, 6) is 2.31. The Morgan fingerprint density at radius 2 is 1.77 bits per heavy atom. The van der Waals surface area contributed by atoms with Gasteiger partial charge in [-0.05, 0) is 35.6 Å². The monoisotopic (exact) mass is 399 g/mol. The molecule has 5 nitrogen and oxygen atoms in total. The normalized spacial score (nSPS) is 13.5. The highest BCUT2D eigenvalue weighted by molar-refractivity contribution is 5.81. The average Bonchev–Trinajstić information content (AvgIpc) is 2.75. The van der Waals surface area contributed by atoms with E-state index in [2.05, 4.69) is 4.85 Å². The predicted molar refractivity (Wildman–Crippen MR) is 119 cm³/mol. The molecule has 0 amide bonds. The van der Waals surface area contributed by atoms with E-state index in [0.717, 1.165) is 41.5 Å².